The van der Waals surface area contributed by atoms with Crippen LogP contribution in [0.4, 0.5) is 10.8 Å². The molecule has 3 rings (SSSR count). The molecule has 0 aliphatic heterocycles. The molecule has 158 valence electrons. The van der Waals surface area contributed by atoms with Gasteiger partial charge in [-0.2, -0.15) is 0 Å². The van der Waals surface area contributed by atoms with Crippen LogP contribution in [-0.2, 0) is 4.74 Å². The minimum absolute atomic E-state index is 0.0216. The van der Waals surface area contributed by atoms with Crippen molar-refractivity contribution in [3.63, 3.8) is 0 Å². The fraction of sp³-hybridized carbons (Fsp3) is 0.333. The summed E-state index contributed by atoms with van der Waals surface area (Å²) in [5.74, 6) is 1.49. The van der Waals surface area contributed by atoms with Gasteiger partial charge in [-0.15, -0.1) is 0 Å². The lowest BCUT2D eigenvalue weighted by Gasteiger charge is -2.32. The molecule has 0 bridgehead atoms. The van der Waals surface area contributed by atoms with Gasteiger partial charge in [0.15, 0.2) is 11.0 Å². The lowest BCUT2D eigenvalue weighted by molar-refractivity contribution is 0.134. The highest BCUT2D eigenvalue weighted by Gasteiger charge is 2.31. The van der Waals surface area contributed by atoms with Gasteiger partial charge in [0.2, 0.25) is 0 Å². The summed E-state index contributed by atoms with van der Waals surface area (Å²) in [4.78, 5) is 9.02. The summed E-state index contributed by atoms with van der Waals surface area (Å²) < 4.78 is 12.6. The van der Waals surface area contributed by atoms with Crippen LogP contribution >= 0.6 is 11.3 Å². The fourth-order valence-electron chi connectivity index (χ4n) is 3.01. The number of rotatable bonds is 9. The maximum Gasteiger partial charge on any atom is 0.197 e. The Hall–Kier alpha value is -2.70. The van der Waals surface area contributed by atoms with E-state index in [9.17, 15) is 0 Å². The van der Waals surface area contributed by atoms with E-state index in [1.165, 1.54) is 6.20 Å². The quantitative estimate of drug-likeness (QED) is 0.309. The molecule has 0 saturated carbocycles. The Balaban J connectivity index is 1.69. The summed E-state index contributed by atoms with van der Waals surface area (Å²) >= 11 is 1.63. The third-order valence-corrected chi connectivity index (χ3v) is 6.29. The molecular formula is C24H29N3O2S. The van der Waals surface area contributed by atoms with Crippen LogP contribution in [0.5, 0.6) is 5.75 Å². The Morgan fingerprint density at radius 3 is 2.63 bits per heavy atom. The first-order valence-electron chi connectivity index (χ1n) is 10.0. The summed E-state index contributed by atoms with van der Waals surface area (Å²) in [5.41, 5.74) is 1.93. The molecule has 2 aromatic carbocycles. The van der Waals surface area contributed by atoms with Crippen LogP contribution in [0, 0.1) is 11.3 Å². The second-order valence-electron chi connectivity index (χ2n) is 7.84. The molecule has 6 heteroatoms. The number of methoxy groups -OCH3 is 1. The van der Waals surface area contributed by atoms with E-state index in [4.69, 9.17) is 9.47 Å². The SMILES string of the molecule is C=CN=C(Oc1ccc(Nc2nc3ccccc3s2)cc1)C(C)C(C)(C)CCOC. The smallest absolute Gasteiger partial charge is 0.197 e. The predicted molar refractivity (Wildman–Crippen MR) is 127 cm³/mol. The Labute approximate surface area is 182 Å². The Kier molecular flexibility index (Phi) is 7.24. The zero-order chi connectivity index (χ0) is 21.6. The average Bonchev–Trinajstić information content (AvgIpc) is 3.15. The molecule has 0 saturated heterocycles. The zero-order valence-corrected chi connectivity index (χ0v) is 18.8. The van der Waals surface area contributed by atoms with E-state index >= 15 is 0 Å². The normalized spacial score (nSPS) is 13.3. The minimum Gasteiger partial charge on any atom is -0.443 e. The van der Waals surface area contributed by atoms with Gasteiger partial charge >= 0.3 is 0 Å². The van der Waals surface area contributed by atoms with Gasteiger partial charge in [-0.1, -0.05) is 50.8 Å². The number of fused-ring (bicyclic) bond motifs is 1. The van der Waals surface area contributed by atoms with Gasteiger partial charge in [0.25, 0.3) is 0 Å². The van der Waals surface area contributed by atoms with Crippen molar-refractivity contribution in [3.8, 4) is 5.75 Å². The summed E-state index contributed by atoms with van der Waals surface area (Å²) in [6.45, 7) is 11.0. The van der Waals surface area contributed by atoms with E-state index in [1.54, 1.807) is 18.4 Å². The van der Waals surface area contributed by atoms with Gasteiger partial charge < -0.3 is 14.8 Å². The first kappa shape index (κ1) is 22.0. The van der Waals surface area contributed by atoms with Crippen LogP contribution in [0.3, 0.4) is 0 Å². The molecule has 5 nitrogen and oxygen atoms in total. The maximum absolute atomic E-state index is 6.13. The fourth-order valence-corrected chi connectivity index (χ4v) is 3.89. The van der Waals surface area contributed by atoms with Crippen LogP contribution in [0.25, 0.3) is 10.2 Å². The number of hydrogen-bond acceptors (Lipinski definition) is 6. The van der Waals surface area contributed by atoms with Gasteiger partial charge in [-0.3, -0.25) is 0 Å². The number of para-hydroxylation sites is 1. The van der Waals surface area contributed by atoms with Crippen molar-refractivity contribution in [2.45, 2.75) is 27.2 Å². The van der Waals surface area contributed by atoms with E-state index in [-0.39, 0.29) is 11.3 Å². The van der Waals surface area contributed by atoms with Crippen LogP contribution in [0.15, 0.2) is 66.3 Å². The molecule has 0 aliphatic rings. The molecule has 1 N–H and O–H groups in total. The van der Waals surface area contributed by atoms with E-state index in [0.29, 0.717) is 12.5 Å². The lowest BCUT2D eigenvalue weighted by Crippen LogP contribution is -2.32. The molecule has 0 aliphatic carbocycles. The van der Waals surface area contributed by atoms with Gasteiger partial charge in [-0.25, -0.2) is 9.98 Å². The van der Waals surface area contributed by atoms with Crippen molar-refractivity contribution < 1.29 is 9.47 Å². The molecule has 1 unspecified atom stereocenters. The molecule has 0 spiro atoms. The van der Waals surface area contributed by atoms with Crippen molar-refractivity contribution in [1.82, 2.24) is 4.98 Å². The van der Waals surface area contributed by atoms with Crippen molar-refractivity contribution in [2.75, 3.05) is 19.0 Å². The molecule has 1 atom stereocenters. The third-order valence-electron chi connectivity index (χ3n) is 5.33. The van der Waals surface area contributed by atoms with Crippen LogP contribution in [-0.4, -0.2) is 24.6 Å². The average molecular weight is 424 g/mol. The highest BCUT2D eigenvalue weighted by Crippen LogP contribution is 2.33. The first-order valence-corrected chi connectivity index (χ1v) is 10.8. The maximum atomic E-state index is 6.13. The number of thiazole rings is 1. The van der Waals surface area contributed by atoms with Gasteiger partial charge in [-0.05, 0) is 48.2 Å². The molecule has 0 radical (unpaired) electrons. The topological polar surface area (TPSA) is 55.7 Å². The van der Waals surface area contributed by atoms with Crippen LogP contribution < -0.4 is 10.1 Å². The summed E-state index contributed by atoms with van der Waals surface area (Å²) in [6, 6.07) is 15.9. The number of nitrogens with one attached hydrogen (secondary N) is 1. The second kappa shape index (κ2) is 9.87. The van der Waals surface area contributed by atoms with Gasteiger partial charge in [0, 0.05) is 31.5 Å². The number of anilines is 2. The van der Waals surface area contributed by atoms with Crippen molar-refractivity contribution in [3.05, 3.63) is 61.3 Å². The molecule has 30 heavy (non-hydrogen) atoms. The molecule has 3 aromatic rings. The predicted octanol–water partition coefficient (Wildman–Crippen LogP) is 6.66. The highest BCUT2D eigenvalue weighted by molar-refractivity contribution is 7.22. The van der Waals surface area contributed by atoms with Crippen LogP contribution in [0.2, 0.25) is 0 Å². The van der Waals surface area contributed by atoms with E-state index in [2.05, 4.69) is 48.7 Å². The van der Waals surface area contributed by atoms with E-state index in [0.717, 1.165) is 33.2 Å². The molecular weight excluding hydrogens is 394 g/mol. The highest BCUT2D eigenvalue weighted by atomic mass is 32.1. The first-order chi connectivity index (χ1) is 14.4. The largest absolute Gasteiger partial charge is 0.443 e. The monoisotopic (exact) mass is 423 g/mol. The van der Waals surface area contributed by atoms with Gasteiger partial charge in [0.1, 0.15) is 5.75 Å². The summed E-state index contributed by atoms with van der Waals surface area (Å²) in [5, 5.41) is 4.23. The minimum atomic E-state index is -0.0216. The van der Waals surface area contributed by atoms with Gasteiger partial charge in [0.05, 0.1) is 10.2 Å². The second-order valence-corrected chi connectivity index (χ2v) is 8.87. The zero-order valence-electron chi connectivity index (χ0n) is 18.0. The standard InChI is InChI=1S/C24H29N3O2S/c1-6-25-22(17(2)24(3,4)15-16-28-5)29-19-13-11-18(12-14-19)26-23-27-20-9-7-8-10-21(20)30-23/h6-14,17H,1,15-16H2,2-5H3,(H,26,27). The molecule has 0 fully saturated rings. The number of nitrogens with zero attached hydrogens (tertiary/aromatic N) is 2. The molecule has 1 heterocycles. The summed E-state index contributed by atoms with van der Waals surface area (Å²) in [7, 11) is 1.72. The molecule has 0 amide bonds. The third kappa shape index (κ3) is 5.46. The Morgan fingerprint density at radius 1 is 1.23 bits per heavy atom. The number of aromatic nitrogens is 1. The van der Waals surface area contributed by atoms with Crippen molar-refractivity contribution >= 4 is 38.3 Å². The number of benzene rings is 2. The Bertz CT molecular complexity index is 976. The van der Waals surface area contributed by atoms with Crippen LogP contribution in [0.1, 0.15) is 27.2 Å². The molecule has 1 aromatic heterocycles. The number of ether oxygens (including phenoxy) is 2. The Morgan fingerprint density at radius 2 is 1.97 bits per heavy atom. The lowest BCUT2D eigenvalue weighted by atomic mass is 9.77. The van der Waals surface area contributed by atoms with Crippen molar-refractivity contribution in [2.24, 2.45) is 16.3 Å². The number of hydrogen-bond donors (Lipinski definition) is 1. The van der Waals surface area contributed by atoms with Crippen molar-refractivity contribution in [1.29, 1.82) is 0 Å². The number of aliphatic imine (C=N–C) groups is 1. The summed E-state index contributed by atoms with van der Waals surface area (Å²) in [6.07, 6.45) is 2.44. The van der Waals surface area contributed by atoms with E-state index in [1.807, 2.05) is 42.5 Å². The van der Waals surface area contributed by atoms with E-state index < -0.39 is 0 Å².